The van der Waals surface area contributed by atoms with Gasteiger partial charge in [0.05, 0.1) is 0 Å². The second-order valence-corrected chi connectivity index (χ2v) is 7.45. The molecule has 0 bridgehead atoms. The van der Waals surface area contributed by atoms with Gasteiger partial charge in [0.2, 0.25) is 5.76 Å². The first-order valence-electron chi connectivity index (χ1n) is 9.31. The van der Waals surface area contributed by atoms with E-state index in [2.05, 4.69) is 24.0 Å². The van der Waals surface area contributed by atoms with Gasteiger partial charge in [0.25, 0.3) is 5.91 Å². The van der Waals surface area contributed by atoms with Crippen molar-refractivity contribution in [2.75, 3.05) is 6.54 Å². The lowest BCUT2D eigenvalue weighted by atomic mass is 10.1. The van der Waals surface area contributed by atoms with Gasteiger partial charge in [0.15, 0.2) is 6.10 Å². The van der Waals surface area contributed by atoms with Crippen molar-refractivity contribution in [3.05, 3.63) is 84.1 Å². The molecule has 0 fully saturated rings. The second-order valence-electron chi connectivity index (χ2n) is 6.47. The molecule has 3 aromatic rings. The van der Waals surface area contributed by atoms with E-state index in [9.17, 15) is 9.59 Å². The molecule has 0 aliphatic rings. The molecule has 3 rings (SSSR count). The smallest absolute Gasteiger partial charge is 0.375 e. The molecular weight excluding hydrogens is 386 g/mol. The molecule has 1 amide bonds. The first kappa shape index (κ1) is 20.7. The van der Waals surface area contributed by atoms with Crippen molar-refractivity contribution in [2.24, 2.45) is 0 Å². The Balaban J connectivity index is 1.76. The fourth-order valence-corrected chi connectivity index (χ4v) is 3.86. The van der Waals surface area contributed by atoms with Crippen molar-refractivity contribution in [1.29, 1.82) is 0 Å². The van der Waals surface area contributed by atoms with Gasteiger partial charge in [-0.25, -0.2) is 4.79 Å². The molecular formula is C23H23NO4S. The number of ether oxygens (including phenoxy) is 1. The van der Waals surface area contributed by atoms with Crippen LogP contribution in [0.1, 0.15) is 28.6 Å². The van der Waals surface area contributed by atoms with Crippen molar-refractivity contribution >= 4 is 34.6 Å². The molecule has 29 heavy (non-hydrogen) atoms. The van der Waals surface area contributed by atoms with Gasteiger partial charge < -0.3 is 14.5 Å². The predicted molar refractivity (Wildman–Crippen MR) is 116 cm³/mol. The molecule has 150 valence electrons. The number of fused-ring (bicyclic) bond motifs is 1. The zero-order chi connectivity index (χ0) is 20.6. The molecule has 1 heterocycles. The number of hydrogen-bond acceptors (Lipinski definition) is 5. The van der Waals surface area contributed by atoms with Crippen molar-refractivity contribution in [1.82, 2.24) is 5.32 Å². The molecule has 0 radical (unpaired) electrons. The normalized spacial score (nSPS) is 11.8. The van der Waals surface area contributed by atoms with Gasteiger partial charge in [-0.1, -0.05) is 54.6 Å². The number of carbonyl (C=O) groups excluding carboxylic acids is 2. The number of benzene rings is 2. The van der Waals surface area contributed by atoms with E-state index in [0.717, 1.165) is 16.7 Å². The quantitative estimate of drug-likeness (QED) is 0.409. The van der Waals surface area contributed by atoms with Gasteiger partial charge in [-0.3, -0.25) is 4.79 Å². The SMILES string of the molecule is C=CCNC(=O)[C@H](C)OC(=O)c1oc2ccccc2c1CSCc1ccccc1. The standard InChI is InChI=1S/C23H23NO4S/c1-3-13-24-22(25)16(2)27-23(26)21-19(18-11-7-8-12-20(18)28-21)15-29-14-17-9-5-4-6-10-17/h3-12,16H,1,13-15H2,2H3,(H,24,25)/t16-/m0/s1. The highest BCUT2D eigenvalue weighted by atomic mass is 32.2. The number of hydrogen-bond donors (Lipinski definition) is 1. The van der Waals surface area contributed by atoms with E-state index in [1.54, 1.807) is 17.8 Å². The van der Waals surface area contributed by atoms with Crippen LogP contribution in [0.4, 0.5) is 0 Å². The number of esters is 1. The fourth-order valence-electron chi connectivity index (χ4n) is 2.84. The van der Waals surface area contributed by atoms with E-state index in [1.807, 2.05) is 42.5 Å². The molecule has 1 aromatic heterocycles. The van der Waals surface area contributed by atoms with E-state index in [-0.39, 0.29) is 11.7 Å². The molecule has 1 atom stereocenters. The third-order valence-corrected chi connectivity index (χ3v) is 5.35. The third-order valence-electron chi connectivity index (χ3n) is 4.32. The number of nitrogens with one attached hydrogen (secondary N) is 1. The Labute approximate surface area is 174 Å². The Hall–Kier alpha value is -2.99. The number of carbonyl (C=O) groups is 2. The van der Waals surface area contributed by atoms with Crippen molar-refractivity contribution in [3.8, 4) is 0 Å². The van der Waals surface area contributed by atoms with Crippen LogP contribution in [-0.2, 0) is 21.0 Å². The van der Waals surface area contributed by atoms with E-state index in [4.69, 9.17) is 9.15 Å². The van der Waals surface area contributed by atoms with Crippen LogP contribution in [0, 0.1) is 0 Å². The first-order chi connectivity index (χ1) is 14.1. The van der Waals surface area contributed by atoms with Crippen LogP contribution >= 0.6 is 11.8 Å². The average Bonchev–Trinajstić information content (AvgIpc) is 3.11. The topological polar surface area (TPSA) is 68.5 Å². The average molecular weight is 410 g/mol. The molecule has 2 aromatic carbocycles. The minimum absolute atomic E-state index is 0.148. The molecule has 0 aliphatic heterocycles. The van der Waals surface area contributed by atoms with Crippen LogP contribution in [0.2, 0.25) is 0 Å². The van der Waals surface area contributed by atoms with E-state index >= 15 is 0 Å². The van der Waals surface area contributed by atoms with Gasteiger partial charge in [-0.2, -0.15) is 11.8 Å². The van der Waals surface area contributed by atoms with Gasteiger partial charge in [0.1, 0.15) is 5.58 Å². The van der Waals surface area contributed by atoms with Crippen LogP contribution < -0.4 is 5.32 Å². The summed E-state index contributed by atoms with van der Waals surface area (Å²) in [5.41, 5.74) is 2.62. The number of amides is 1. The zero-order valence-corrected chi connectivity index (χ0v) is 17.0. The molecule has 0 saturated heterocycles. The van der Waals surface area contributed by atoms with Crippen LogP contribution in [0.5, 0.6) is 0 Å². The number of thioether (sulfide) groups is 1. The molecule has 0 unspecified atom stereocenters. The van der Waals surface area contributed by atoms with Gasteiger partial charge in [-0.05, 0) is 18.6 Å². The van der Waals surface area contributed by atoms with Crippen LogP contribution in [0.3, 0.4) is 0 Å². The molecule has 0 aliphatic carbocycles. The summed E-state index contributed by atoms with van der Waals surface area (Å²) in [4.78, 5) is 24.7. The summed E-state index contributed by atoms with van der Waals surface area (Å²) in [5.74, 6) is 0.532. The van der Waals surface area contributed by atoms with Gasteiger partial charge in [0, 0.05) is 29.0 Å². The summed E-state index contributed by atoms with van der Waals surface area (Å²) in [6.45, 7) is 5.39. The lowest BCUT2D eigenvalue weighted by Gasteiger charge is -2.12. The van der Waals surface area contributed by atoms with Crippen molar-refractivity contribution < 1.29 is 18.7 Å². The highest BCUT2D eigenvalue weighted by Crippen LogP contribution is 2.31. The van der Waals surface area contributed by atoms with Gasteiger partial charge in [-0.15, -0.1) is 6.58 Å². The van der Waals surface area contributed by atoms with Gasteiger partial charge >= 0.3 is 5.97 Å². The van der Waals surface area contributed by atoms with Crippen molar-refractivity contribution in [2.45, 2.75) is 24.5 Å². The summed E-state index contributed by atoms with van der Waals surface area (Å²) in [6, 6.07) is 17.6. The third kappa shape index (κ3) is 5.29. The maximum atomic E-state index is 12.7. The summed E-state index contributed by atoms with van der Waals surface area (Å²) in [7, 11) is 0. The summed E-state index contributed by atoms with van der Waals surface area (Å²) >= 11 is 1.69. The van der Waals surface area contributed by atoms with E-state index < -0.39 is 12.1 Å². The Bertz CT molecular complexity index is 997. The van der Waals surface area contributed by atoms with E-state index in [0.29, 0.717) is 17.9 Å². The molecule has 1 N–H and O–H groups in total. The Morgan fingerprint density at radius 2 is 1.86 bits per heavy atom. The lowest BCUT2D eigenvalue weighted by molar-refractivity contribution is -0.128. The minimum atomic E-state index is -0.930. The maximum absolute atomic E-state index is 12.7. The highest BCUT2D eigenvalue weighted by Gasteiger charge is 2.25. The molecule has 5 nitrogen and oxygen atoms in total. The second kappa shape index (κ2) is 9.98. The van der Waals surface area contributed by atoms with E-state index in [1.165, 1.54) is 12.5 Å². The summed E-state index contributed by atoms with van der Waals surface area (Å²) in [6.07, 6.45) is 0.633. The van der Waals surface area contributed by atoms with Crippen LogP contribution in [0.25, 0.3) is 11.0 Å². The van der Waals surface area contributed by atoms with Crippen molar-refractivity contribution in [3.63, 3.8) is 0 Å². The number of para-hydroxylation sites is 1. The summed E-state index contributed by atoms with van der Waals surface area (Å²) < 4.78 is 11.1. The zero-order valence-electron chi connectivity index (χ0n) is 16.2. The Kier molecular flexibility index (Phi) is 7.14. The Morgan fingerprint density at radius 3 is 2.62 bits per heavy atom. The summed E-state index contributed by atoms with van der Waals surface area (Å²) in [5, 5.41) is 3.49. The minimum Gasteiger partial charge on any atom is -0.449 e. The highest BCUT2D eigenvalue weighted by molar-refractivity contribution is 7.97. The lowest BCUT2D eigenvalue weighted by Crippen LogP contribution is -2.35. The predicted octanol–water partition coefficient (Wildman–Crippen LogP) is 4.71. The fraction of sp³-hybridized carbons (Fsp3) is 0.217. The molecule has 0 spiro atoms. The van der Waals surface area contributed by atoms with Crippen LogP contribution in [-0.4, -0.2) is 24.5 Å². The maximum Gasteiger partial charge on any atom is 0.375 e. The van der Waals surface area contributed by atoms with Crippen LogP contribution in [0.15, 0.2) is 71.7 Å². The number of rotatable bonds is 9. The molecule has 0 saturated carbocycles. The largest absolute Gasteiger partial charge is 0.449 e. The number of furan rings is 1. The Morgan fingerprint density at radius 1 is 1.14 bits per heavy atom. The first-order valence-corrected chi connectivity index (χ1v) is 10.5. The molecule has 6 heteroatoms. The monoisotopic (exact) mass is 409 g/mol.